The molecule has 1 fully saturated rings. The van der Waals surface area contributed by atoms with Crippen LogP contribution >= 0.6 is 0 Å². The van der Waals surface area contributed by atoms with Crippen molar-refractivity contribution in [2.24, 2.45) is 0 Å². The minimum Gasteiger partial charge on any atom is -0.372 e. The van der Waals surface area contributed by atoms with Crippen LogP contribution in [0.5, 0.6) is 0 Å². The third-order valence-electron chi connectivity index (χ3n) is 2.55. The van der Waals surface area contributed by atoms with Crippen molar-refractivity contribution < 1.29 is 4.39 Å². The molecule has 1 aromatic carbocycles. The van der Waals surface area contributed by atoms with E-state index in [2.05, 4.69) is 4.90 Å². The van der Waals surface area contributed by atoms with Crippen LogP contribution < -0.4 is 4.90 Å². The van der Waals surface area contributed by atoms with Gasteiger partial charge in [0, 0.05) is 18.8 Å². The van der Waals surface area contributed by atoms with Crippen molar-refractivity contribution in [2.45, 2.75) is 47.0 Å². The quantitative estimate of drug-likeness (QED) is 0.676. The highest BCUT2D eigenvalue weighted by Crippen LogP contribution is 2.19. The lowest BCUT2D eigenvalue weighted by Crippen LogP contribution is -2.29. The Balaban J connectivity index is 0.000000581. The van der Waals surface area contributed by atoms with Crippen LogP contribution in [0, 0.1) is 5.82 Å². The summed E-state index contributed by atoms with van der Waals surface area (Å²) < 4.78 is 12.6. The molecule has 0 spiro atoms. The highest BCUT2D eigenvalue weighted by Gasteiger charge is 2.09. The average molecular weight is 239 g/mol. The third-order valence-corrected chi connectivity index (χ3v) is 2.55. The lowest BCUT2D eigenvalue weighted by Gasteiger charge is -2.28. The van der Waals surface area contributed by atoms with Gasteiger partial charge in [-0.2, -0.15) is 0 Å². The molecule has 2 rings (SSSR count). The standard InChI is InChI=1S/C11H14FN.2C2H6/c12-10-4-6-11(7-5-10)13-8-2-1-3-9-13;2*1-2/h4-7H,1-3,8-9H2;2*1-2H3. The van der Waals surface area contributed by atoms with E-state index in [9.17, 15) is 4.39 Å². The van der Waals surface area contributed by atoms with E-state index in [1.54, 1.807) is 0 Å². The molecule has 1 heterocycles. The second-order valence-corrected chi connectivity index (χ2v) is 3.52. The second-order valence-electron chi connectivity index (χ2n) is 3.52. The first-order chi connectivity index (χ1) is 8.36. The average Bonchev–Trinajstić information content (AvgIpc) is 2.45. The van der Waals surface area contributed by atoms with Gasteiger partial charge in [0.25, 0.3) is 0 Å². The largest absolute Gasteiger partial charge is 0.372 e. The molecule has 1 aliphatic heterocycles. The van der Waals surface area contributed by atoms with Crippen LogP contribution in [0.15, 0.2) is 24.3 Å². The Morgan fingerprint density at radius 3 is 1.76 bits per heavy atom. The summed E-state index contributed by atoms with van der Waals surface area (Å²) >= 11 is 0. The van der Waals surface area contributed by atoms with Crippen LogP contribution in [0.25, 0.3) is 0 Å². The number of rotatable bonds is 1. The molecule has 1 saturated heterocycles. The Labute approximate surface area is 106 Å². The van der Waals surface area contributed by atoms with Gasteiger partial charge in [-0.15, -0.1) is 0 Å². The number of piperidine rings is 1. The maximum absolute atomic E-state index is 12.6. The topological polar surface area (TPSA) is 3.24 Å². The molecular weight excluding hydrogens is 213 g/mol. The Bertz CT molecular complexity index is 263. The summed E-state index contributed by atoms with van der Waals surface area (Å²) in [6.07, 6.45) is 3.85. The highest BCUT2D eigenvalue weighted by molar-refractivity contribution is 5.46. The van der Waals surface area contributed by atoms with E-state index in [1.165, 1.54) is 31.4 Å². The van der Waals surface area contributed by atoms with Gasteiger partial charge in [-0.3, -0.25) is 0 Å². The molecule has 0 amide bonds. The minimum absolute atomic E-state index is 0.152. The van der Waals surface area contributed by atoms with Gasteiger partial charge < -0.3 is 4.90 Å². The van der Waals surface area contributed by atoms with E-state index < -0.39 is 0 Å². The summed E-state index contributed by atoms with van der Waals surface area (Å²) in [6.45, 7) is 10.2. The number of nitrogens with zero attached hydrogens (tertiary/aromatic N) is 1. The summed E-state index contributed by atoms with van der Waals surface area (Å²) in [6, 6.07) is 6.79. The van der Waals surface area contributed by atoms with Gasteiger partial charge in [-0.1, -0.05) is 27.7 Å². The van der Waals surface area contributed by atoms with Crippen molar-refractivity contribution in [3.63, 3.8) is 0 Å². The van der Waals surface area contributed by atoms with Crippen LogP contribution in [0.2, 0.25) is 0 Å². The maximum Gasteiger partial charge on any atom is 0.123 e. The van der Waals surface area contributed by atoms with Gasteiger partial charge in [-0.05, 0) is 43.5 Å². The smallest absolute Gasteiger partial charge is 0.123 e. The molecule has 17 heavy (non-hydrogen) atoms. The predicted octanol–water partition coefficient (Wildman–Crippen LogP) is 4.87. The van der Waals surface area contributed by atoms with Crippen molar-refractivity contribution in [1.82, 2.24) is 0 Å². The first-order valence-electron chi connectivity index (χ1n) is 6.87. The Morgan fingerprint density at radius 2 is 1.29 bits per heavy atom. The lowest BCUT2D eigenvalue weighted by molar-refractivity contribution is 0.576. The number of hydrogen-bond donors (Lipinski definition) is 0. The van der Waals surface area contributed by atoms with E-state index in [4.69, 9.17) is 0 Å². The minimum atomic E-state index is -0.152. The van der Waals surface area contributed by atoms with E-state index in [0.717, 1.165) is 18.8 Å². The van der Waals surface area contributed by atoms with Gasteiger partial charge in [0.1, 0.15) is 5.82 Å². The first kappa shape index (κ1) is 16.0. The SMILES string of the molecule is CC.CC.Fc1ccc(N2CCCCC2)cc1. The Morgan fingerprint density at radius 1 is 0.824 bits per heavy atom. The molecule has 1 aromatic rings. The normalized spacial score (nSPS) is 14.1. The van der Waals surface area contributed by atoms with E-state index in [-0.39, 0.29) is 5.82 Å². The van der Waals surface area contributed by atoms with Crippen molar-refractivity contribution in [3.8, 4) is 0 Å². The zero-order valence-corrected chi connectivity index (χ0v) is 11.7. The van der Waals surface area contributed by atoms with Gasteiger partial charge in [-0.25, -0.2) is 4.39 Å². The molecule has 0 aliphatic carbocycles. The van der Waals surface area contributed by atoms with E-state index >= 15 is 0 Å². The fourth-order valence-corrected chi connectivity index (χ4v) is 1.80. The fraction of sp³-hybridized carbons (Fsp3) is 0.600. The van der Waals surface area contributed by atoms with E-state index in [0.29, 0.717) is 0 Å². The molecule has 2 heteroatoms. The summed E-state index contributed by atoms with van der Waals surface area (Å²) in [4.78, 5) is 2.32. The van der Waals surface area contributed by atoms with Crippen LogP contribution in [0.4, 0.5) is 10.1 Å². The molecule has 1 nitrogen and oxygen atoms in total. The number of anilines is 1. The molecule has 0 unspecified atom stereocenters. The first-order valence-corrected chi connectivity index (χ1v) is 6.87. The highest BCUT2D eigenvalue weighted by atomic mass is 19.1. The van der Waals surface area contributed by atoms with E-state index in [1.807, 2.05) is 39.8 Å². The van der Waals surface area contributed by atoms with Gasteiger partial charge >= 0.3 is 0 Å². The van der Waals surface area contributed by atoms with Gasteiger partial charge in [0.15, 0.2) is 0 Å². The van der Waals surface area contributed by atoms with Crippen molar-refractivity contribution in [3.05, 3.63) is 30.1 Å². The fourth-order valence-electron chi connectivity index (χ4n) is 1.80. The van der Waals surface area contributed by atoms with Crippen molar-refractivity contribution in [1.29, 1.82) is 0 Å². The molecular formula is C15H26FN. The zero-order valence-electron chi connectivity index (χ0n) is 11.7. The van der Waals surface area contributed by atoms with Crippen LogP contribution in [-0.2, 0) is 0 Å². The molecule has 0 radical (unpaired) electrons. The number of hydrogen-bond acceptors (Lipinski definition) is 1. The zero-order chi connectivity index (χ0) is 13.1. The van der Waals surface area contributed by atoms with Crippen LogP contribution in [-0.4, -0.2) is 13.1 Å². The second kappa shape index (κ2) is 10.1. The molecule has 1 aliphatic rings. The molecule has 0 atom stereocenters. The maximum atomic E-state index is 12.6. The van der Waals surface area contributed by atoms with Gasteiger partial charge in [0.2, 0.25) is 0 Å². The summed E-state index contributed by atoms with van der Waals surface area (Å²) in [7, 11) is 0. The van der Waals surface area contributed by atoms with Crippen LogP contribution in [0.3, 0.4) is 0 Å². The molecule has 98 valence electrons. The third kappa shape index (κ3) is 5.71. The van der Waals surface area contributed by atoms with Crippen LogP contribution in [0.1, 0.15) is 47.0 Å². The molecule has 0 aromatic heterocycles. The number of halogens is 1. The predicted molar refractivity (Wildman–Crippen MR) is 75.2 cm³/mol. The van der Waals surface area contributed by atoms with Gasteiger partial charge in [0.05, 0.1) is 0 Å². The lowest BCUT2D eigenvalue weighted by atomic mass is 10.1. The molecule has 0 N–H and O–H groups in total. The van der Waals surface area contributed by atoms with Crippen molar-refractivity contribution >= 4 is 5.69 Å². The summed E-state index contributed by atoms with van der Waals surface area (Å²) in [5.74, 6) is -0.152. The summed E-state index contributed by atoms with van der Waals surface area (Å²) in [5.41, 5.74) is 1.15. The Hall–Kier alpha value is -1.05. The molecule has 0 saturated carbocycles. The number of benzene rings is 1. The summed E-state index contributed by atoms with van der Waals surface area (Å²) in [5, 5.41) is 0. The Kier molecular flexibility index (Phi) is 9.50. The monoisotopic (exact) mass is 239 g/mol. The van der Waals surface area contributed by atoms with Crippen molar-refractivity contribution in [2.75, 3.05) is 18.0 Å². The molecule has 0 bridgehead atoms.